The highest BCUT2D eigenvalue weighted by atomic mass is 79.9. The highest BCUT2D eigenvalue weighted by molar-refractivity contribution is 9.10. The molecule has 0 bridgehead atoms. The van der Waals surface area contributed by atoms with E-state index in [2.05, 4.69) is 21.2 Å². The number of thioether (sulfide) groups is 1. The molecule has 0 fully saturated rings. The van der Waals surface area contributed by atoms with E-state index in [9.17, 15) is 4.79 Å². The number of fused-ring (bicyclic) bond motifs is 1. The Labute approximate surface area is 89.2 Å². The Morgan fingerprint density at radius 1 is 1.54 bits per heavy atom. The fraction of sp³-hybridized carbons (Fsp3) is 0.222. The van der Waals surface area contributed by atoms with Crippen molar-refractivity contribution < 1.29 is 4.79 Å². The maximum absolute atomic E-state index is 11.3. The molecule has 4 heteroatoms. The van der Waals surface area contributed by atoms with Gasteiger partial charge in [-0.15, -0.1) is 0 Å². The molecule has 1 aromatic carbocycles. The molecule has 1 aromatic rings. The van der Waals surface area contributed by atoms with E-state index in [0.29, 0.717) is 0 Å². The van der Waals surface area contributed by atoms with E-state index in [4.69, 9.17) is 0 Å². The maximum atomic E-state index is 11.3. The fourth-order valence-corrected chi connectivity index (χ4v) is 2.37. The van der Waals surface area contributed by atoms with Gasteiger partial charge in [0.1, 0.15) is 0 Å². The van der Waals surface area contributed by atoms with E-state index in [1.807, 2.05) is 25.1 Å². The number of carbonyl (C=O) groups excluding carboxylic acids is 1. The lowest BCUT2D eigenvalue weighted by molar-refractivity contribution is -0.111. The first-order chi connectivity index (χ1) is 6.16. The van der Waals surface area contributed by atoms with E-state index in [0.717, 1.165) is 15.1 Å². The zero-order valence-corrected chi connectivity index (χ0v) is 9.41. The number of halogens is 1. The van der Waals surface area contributed by atoms with Crippen LogP contribution in [0.2, 0.25) is 0 Å². The summed E-state index contributed by atoms with van der Waals surface area (Å²) >= 11 is 4.70. The molecule has 2 nitrogen and oxygen atoms in total. The van der Waals surface area contributed by atoms with Crippen LogP contribution in [0.1, 0.15) is 6.92 Å². The SMILES string of the molecule is CC1Nc2cc(Br)ccc2SC1=O. The lowest BCUT2D eigenvalue weighted by Crippen LogP contribution is -2.27. The van der Waals surface area contributed by atoms with Crippen LogP contribution in [0.4, 0.5) is 5.69 Å². The predicted molar refractivity (Wildman–Crippen MR) is 58.1 cm³/mol. The molecule has 68 valence electrons. The van der Waals surface area contributed by atoms with Gasteiger partial charge in [0.2, 0.25) is 5.12 Å². The molecule has 1 heterocycles. The zero-order valence-electron chi connectivity index (χ0n) is 7.00. The Hall–Kier alpha value is -0.480. The van der Waals surface area contributed by atoms with Gasteiger partial charge in [0, 0.05) is 15.1 Å². The number of hydrogen-bond donors (Lipinski definition) is 1. The first-order valence-corrected chi connectivity index (χ1v) is 5.55. The van der Waals surface area contributed by atoms with Gasteiger partial charge in [-0.1, -0.05) is 15.9 Å². The summed E-state index contributed by atoms with van der Waals surface area (Å²) in [6.45, 7) is 1.87. The molecule has 1 aliphatic heterocycles. The van der Waals surface area contributed by atoms with Gasteiger partial charge >= 0.3 is 0 Å². The summed E-state index contributed by atoms with van der Waals surface area (Å²) in [6.07, 6.45) is 0. The Balaban J connectivity index is 2.42. The standard InChI is InChI=1S/C9H8BrNOS/c1-5-9(12)13-8-3-2-6(10)4-7(8)11-5/h2-5,11H,1H3. The summed E-state index contributed by atoms with van der Waals surface area (Å²) in [7, 11) is 0. The van der Waals surface area contributed by atoms with Crippen LogP contribution in [-0.4, -0.2) is 11.2 Å². The predicted octanol–water partition coefficient (Wildman–Crippen LogP) is 2.88. The van der Waals surface area contributed by atoms with Gasteiger partial charge < -0.3 is 5.32 Å². The summed E-state index contributed by atoms with van der Waals surface area (Å²) in [4.78, 5) is 12.3. The molecule has 0 amide bonds. The van der Waals surface area contributed by atoms with Crippen LogP contribution < -0.4 is 5.32 Å². The molecular formula is C9H8BrNOS. The van der Waals surface area contributed by atoms with Crippen molar-refractivity contribution in [1.29, 1.82) is 0 Å². The second-order valence-electron chi connectivity index (χ2n) is 2.93. The van der Waals surface area contributed by atoms with Crippen molar-refractivity contribution in [2.45, 2.75) is 17.9 Å². The van der Waals surface area contributed by atoms with Gasteiger partial charge in [0.05, 0.1) is 6.04 Å². The molecule has 0 saturated carbocycles. The molecule has 0 radical (unpaired) electrons. The Kier molecular flexibility index (Phi) is 2.34. The molecule has 0 spiro atoms. The van der Waals surface area contributed by atoms with Gasteiger partial charge in [0.25, 0.3) is 0 Å². The van der Waals surface area contributed by atoms with Crippen LogP contribution in [0, 0.1) is 0 Å². The topological polar surface area (TPSA) is 29.1 Å². The lowest BCUT2D eigenvalue weighted by atomic mass is 10.2. The van der Waals surface area contributed by atoms with Crippen LogP contribution in [-0.2, 0) is 4.79 Å². The van der Waals surface area contributed by atoms with Gasteiger partial charge in [0.15, 0.2) is 0 Å². The fourth-order valence-electron chi connectivity index (χ4n) is 1.19. The van der Waals surface area contributed by atoms with Crippen LogP contribution in [0.3, 0.4) is 0 Å². The molecule has 1 unspecified atom stereocenters. The summed E-state index contributed by atoms with van der Waals surface area (Å²) < 4.78 is 1.03. The molecule has 0 saturated heterocycles. The van der Waals surface area contributed by atoms with Crippen molar-refractivity contribution in [3.05, 3.63) is 22.7 Å². The van der Waals surface area contributed by atoms with E-state index in [-0.39, 0.29) is 11.2 Å². The Morgan fingerprint density at radius 3 is 3.08 bits per heavy atom. The second-order valence-corrected chi connectivity index (χ2v) is 4.89. The number of carbonyl (C=O) groups is 1. The van der Waals surface area contributed by atoms with E-state index >= 15 is 0 Å². The first kappa shape index (κ1) is 9.09. The van der Waals surface area contributed by atoms with Crippen molar-refractivity contribution in [3.8, 4) is 0 Å². The summed E-state index contributed by atoms with van der Waals surface area (Å²) in [5, 5.41) is 3.33. The van der Waals surface area contributed by atoms with Crippen molar-refractivity contribution in [2.75, 3.05) is 5.32 Å². The van der Waals surface area contributed by atoms with Crippen molar-refractivity contribution in [1.82, 2.24) is 0 Å². The molecule has 1 N–H and O–H groups in total. The smallest absolute Gasteiger partial charge is 0.215 e. The minimum atomic E-state index is -0.0909. The quantitative estimate of drug-likeness (QED) is 0.775. The largest absolute Gasteiger partial charge is 0.374 e. The summed E-state index contributed by atoms with van der Waals surface area (Å²) in [6, 6.07) is 5.79. The van der Waals surface area contributed by atoms with Crippen molar-refractivity contribution in [3.63, 3.8) is 0 Å². The number of benzene rings is 1. The van der Waals surface area contributed by atoms with Gasteiger partial charge in [-0.3, -0.25) is 4.79 Å². The maximum Gasteiger partial charge on any atom is 0.215 e. The van der Waals surface area contributed by atoms with Crippen molar-refractivity contribution in [2.24, 2.45) is 0 Å². The Bertz CT molecular complexity index is 367. The zero-order chi connectivity index (χ0) is 9.42. The first-order valence-electron chi connectivity index (χ1n) is 3.94. The number of hydrogen-bond acceptors (Lipinski definition) is 3. The minimum Gasteiger partial charge on any atom is -0.374 e. The summed E-state index contributed by atoms with van der Waals surface area (Å²) in [5.41, 5.74) is 1.03. The third-order valence-corrected chi connectivity index (χ3v) is 3.50. The minimum absolute atomic E-state index is 0.0909. The van der Waals surface area contributed by atoms with Crippen molar-refractivity contribution >= 4 is 38.5 Å². The van der Waals surface area contributed by atoms with Crippen LogP contribution in [0.15, 0.2) is 27.6 Å². The highest BCUT2D eigenvalue weighted by Crippen LogP contribution is 2.35. The molecule has 1 atom stereocenters. The average Bonchev–Trinajstić information content (AvgIpc) is 2.08. The number of nitrogens with one attached hydrogen (secondary N) is 1. The third-order valence-electron chi connectivity index (χ3n) is 1.88. The van der Waals surface area contributed by atoms with Gasteiger partial charge in [-0.05, 0) is 36.9 Å². The highest BCUT2D eigenvalue weighted by Gasteiger charge is 2.22. The monoisotopic (exact) mass is 257 g/mol. The molecular weight excluding hydrogens is 250 g/mol. The number of rotatable bonds is 0. The molecule has 0 aliphatic carbocycles. The van der Waals surface area contributed by atoms with E-state index < -0.39 is 0 Å². The van der Waals surface area contributed by atoms with Gasteiger partial charge in [-0.2, -0.15) is 0 Å². The van der Waals surface area contributed by atoms with Crippen LogP contribution >= 0.6 is 27.7 Å². The van der Waals surface area contributed by atoms with E-state index in [1.54, 1.807) is 0 Å². The Morgan fingerprint density at radius 2 is 2.31 bits per heavy atom. The molecule has 13 heavy (non-hydrogen) atoms. The molecule has 0 aromatic heterocycles. The van der Waals surface area contributed by atoms with Gasteiger partial charge in [-0.25, -0.2) is 0 Å². The molecule has 1 aliphatic rings. The summed E-state index contributed by atoms with van der Waals surface area (Å²) in [5.74, 6) is 0. The normalized spacial score (nSPS) is 20.8. The van der Waals surface area contributed by atoms with Crippen LogP contribution in [0.5, 0.6) is 0 Å². The average molecular weight is 258 g/mol. The van der Waals surface area contributed by atoms with Crippen LogP contribution in [0.25, 0.3) is 0 Å². The molecule has 2 rings (SSSR count). The third kappa shape index (κ3) is 1.74. The lowest BCUT2D eigenvalue weighted by Gasteiger charge is -2.22. The van der Waals surface area contributed by atoms with E-state index in [1.165, 1.54) is 11.8 Å². The number of anilines is 1. The second kappa shape index (κ2) is 3.35.